The maximum atomic E-state index is 11.6. The van der Waals surface area contributed by atoms with Crippen LogP contribution in [0.15, 0.2) is 58.7 Å². The van der Waals surface area contributed by atoms with E-state index in [1.165, 1.54) is 36.0 Å². The molecule has 1 aliphatic carbocycles. The van der Waals surface area contributed by atoms with Crippen LogP contribution in [-0.2, 0) is 4.79 Å². The molecule has 1 atom stereocenters. The Morgan fingerprint density at radius 2 is 1.96 bits per heavy atom. The van der Waals surface area contributed by atoms with E-state index in [1.54, 1.807) is 7.05 Å². The molecule has 0 aromatic heterocycles. The lowest BCUT2D eigenvalue weighted by Gasteiger charge is -2.32. The van der Waals surface area contributed by atoms with Crippen molar-refractivity contribution >= 4 is 18.5 Å². The molecule has 156 valence electrons. The zero-order chi connectivity index (χ0) is 21.2. The van der Waals surface area contributed by atoms with Crippen LogP contribution in [-0.4, -0.2) is 31.3 Å². The van der Waals surface area contributed by atoms with Crippen LogP contribution in [0.5, 0.6) is 0 Å². The van der Waals surface area contributed by atoms with E-state index in [4.69, 9.17) is 0 Å². The zero-order valence-electron chi connectivity index (χ0n) is 18.4. The lowest BCUT2D eigenvalue weighted by atomic mass is 9.72. The number of allylic oxidation sites excluding steroid dienone is 9. The fraction of sp³-hybridized carbons (Fsp3) is 0.542. The molecule has 0 radical (unpaired) electrons. The van der Waals surface area contributed by atoms with Crippen LogP contribution < -0.4 is 10.6 Å². The molecule has 1 rings (SSSR count). The summed E-state index contributed by atoms with van der Waals surface area (Å²) in [5.74, 6) is 0.442. The van der Waals surface area contributed by atoms with Crippen molar-refractivity contribution in [2.24, 2.45) is 5.41 Å². The first-order valence-electron chi connectivity index (χ1n) is 10.2. The Labute approximate surface area is 177 Å². The standard InChI is InChI=1S/C24H38N2OS/c1-18(12-13-21-20(3)11-8-15-24(21,4)5)9-7-10-19(2)14-16-26-22(17-28)23(27)25-6/h7,9-10,12-14,22,26,28H,8,11,15-17H2,1-6H3,(H,25,27)/b10-7+,13-12+,18-9+,19-14+/t22-/m0/s1. The van der Waals surface area contributed by atoms with Crippen molar-refractivity contribution in [2.45, 2.75) is 59.9 Å². The summed E-state index contributed by atoms with van der Waals surface area (Å²) in [6.07, 6.45) is 16.7. The topological polar surface area (TPSA) is 41.1 Å². The van der Waals surface area contributed by atoms with Crippen LogP contribution in [0, 0.1) is 5.41 Å². The Balaban J connectivity index is 2.62. The molecule has 3 nitrogen and oxygen atoms in total. The van der Waals surface area contributed by atoms with Crippen LogP contribution in [0.25, 0.3) is 0 Å². The van der Waals surface area contributed by atoms with Gasteiger partial charge in [-0.3, -0.25) is 4.79 Å². The maximum absolute atomic E-state index is 11.6. The van der Waals surface area contributed by atoms with Crippen molar-refractivity contribution in [3.63, 3.8) is 0 Å². The molecular weight excluding hydrogens is 364 g/mol. The minimum absolute atomic E-state index is 0.0339. The van der Waals surface area contributed by atoms with E-state index >= 15 is 0 Å². The third-order valence-corrected chi connectivity index (χ3v) is 5.67. The van der Waals surface area contributed by atoms with Crippen molar-refractivity contribution in [1.82, 2.24) is 10.6 Å². The average molecular weight is 403 g/mol. The Kier molecular flexibility index (Phi) is 10.6. The molecule has 0 fully saturated rings. The quantitative estimate of drug-likeness (QED) is 0.369. The summed E-state index contributed by atoms with van der Waals surface area (Å²) < 4.78 is 0. The monoisotopic (exact) mass is 402 g/mol. The molecule has 0 aromatic rings. The molecule has 0 heterocycles. The van der Waals surface area contributed by atoms with Gasteiger partial charge < -0.3 is 10.6 Å². The van der Waals surface area contributed by atoms with E-state index in [-0.39, 0.29) is 17.4 Å². The molecule has 0 saturated heterocycles. The Bertz CT molecular complexity index is 681. The lowest BCUT2D eigenvalue weighted by Crippen LogP contribution is -2.44. The van der Waals surface area contributed by atoms with Gasteiger partial charge in [-0.15, -0.1) is 0 Å². The number of hydrogen-bond donors (Lipinski definition) is 3. The first-order chi connectivity index (χ1) is 13.2. The molecule has 2 N–H and O–H groups in total. The molecular formula is C24H38N2OS. The van der Waals surface area contributed by atoms with Crippen molar-refractivity contribution in [1.29, 1.82) is 0 Å². The van der Waals surface area contributed by atoms with Gasteiger partial charge in [0.25, 0.3) is 0 Å². The second-order valence-electron chi connectivity index (χ2n) is 8.24. The summed E-state index contributed by atoms with van der Waals surface area (Å²) in [6.45, 7) is 11.8. The van der Waals surface area contributed by atoms with Crippen LogP contribution in [0.3, 0.4) is 0 Å². The Hall–Kier alpha value is -1.52. The molecule has 0 aliphatic heterocycles. The smallest absolute Gasteiger partial charge is 0.237 e. The fourth-order valence-corrected chi connectivity index (χ4v) is 3.77. The van der Waals surface area contributed by atoms with Gasteiger partial charge >= 0.3 is 0 Å². The molecule has 4 heteroatoms. The van der Waals surface area contributed by atoms with E-state index in [9.17, 15) is 4.79 Å². The summed E-state index contributed by atoms with van der Waals surface area (Å²) in [7, 11) is 1.64. The zero-order valence-corrected chi connectivity index (χ0v) is 19.3. The Morgan fingerprint density at radius 1 is 1.25 bits per heavy atom. The van der Waals surface area contributed by atoms with Crippen LogP contribution in [0.2, 0.25) is 0 Å². The van der Waals surface area contributed by atoms with E-state index in [0.29, 0.717) is 12.3 Å². The minimum atomic E-state index is -0.268. The predicted molar refractivity (Wildman–Crippen MR) is 126 cm³/mol. The highest BCUT2D eigenvalue weighted by Crippen LogP contribution is 2.40. The average Bonchev–Trinajstić information content (AvgIpc) is 2.63. The first-order valence-corrected chi connectivity index (χ1v) is 10.8. The Morgan fingerprint density at radius 3 is 2.57 bits per heavy atom. The van der Waals surface area contributed by atoms with E-state index in [2.05, 4.69) is 94.3 Å². The van der Waals surface area contributed by atoms with Crippen molar-refractivity contribution < 1.29 is 4.79 Å². The second-order valence-corrected chi connectivity index (χ2v) is 8.61. The van der Waals surface area contributed by atoms with Crippen LogP contribution in [0.4, 0.5) is 0 Å². The van der Waals surface area contributed by atoms with Crippen molar-refractivity contribution in [2.75, 3.05) is 19.3 Å². The molecule has 0 unspecified atom stereocenters. The second kappa shape index (κ2) is 12.1. The molecule has 0 bridgehead atoms. The van der Waals surface area contributed by atoms with Gasteiger partial charge in [0, 0.05) is 19.3 Å². The number of rotatable bonds is 9. The van der Waals surface area contributed by atoms with E-state index in [0.717, 1.165) is 5.57 Å². The maximum Gasteiger partial charge on any atom is 0.237 e. The SMILES string of the molecule is CNC(=O)[C@H](CS)NC/C=C(C)/C=C/C=C(C)/C=C/C1=C(C)CCCC1(C)C. The number of carbonyl (C=O) groups is 1. The summed E-state index contributed by atoms with van der Waals surface area (Å²) in [6, 6.07) is -0.268. The highest BCUT2D eigenvalue weighted by atomic mass is 32.1. The van der Waals surface area contributed by atoms with Crippen LogP contribution in [0.1, 0.15) is 53.9 Å². The van der Waals surface area contributed by atoms with Gasteiger partial charge in [-0.2, -0.15) is 12.6 Å². The van der Waals surface area contributed by atoms with Crippen LogP contribution >= 0.6 is 12.6 Å². The highest BCUT2D eigenvalue weighted by molar-refractivity contribution is 7.80. The van der Waals surface area contributed by atoms with E-state index in [1.807, 2.05) is 0 Å². The summed E-state index contributed by atoms with van der Waals surface area (Å²) in [4.78, 5) is 11.6. The molecule has 28 heavy (non-hydrogen) atoms. The van der Waals surface area contributed by atoms with Gasteiger partial charge in [0.05, 0.1) is 6.04 Å². The molecule has 1 amide bonds. The van der Waals surface area contributed by atoms with Gasteiger partial charge in [0.15, 0.2) is 0 Å². The molecule has 1 aliphatic rings. The minimum Gasteiger partial charge on any atom is -0.358 e. The largest absolute Gasteiger partial charge is 0.358 e. The predicted octanol–water partition coefficient (Wildman–Crippen LogP) is 5.15. The fourth-order valence-electron chi connectivity index (χ4n) is 3.48. The van der Waals surface area contributed by atoms with Crippen molar-refractivity contribution in [3.8, 4) is 0 Å². The van der Waals surface area contributed by atoms with Gasteiger partial charge in [-0.1, -0.05) is 67.0 Å². The lowest BCUT2D eigenvalue weighted by molar-refractivity contribution is -0.122. The van der Waals surface area contributed by atoms with Gasteiger partial charge in [-0.25, -0.2) is 0 Å². The van der Waals surface area contributed by atoms with Gasteiger partial charge in [0.1, 0.15) is 0 Å². The molecule has 0 saturated carbocycles. The number of thiol groups is 1. The highest BCUT2D eigenvalue weighted by Gasteiger charge is 2.26. The van der Waals surface area contributed by atoms with Gasteiger partial charge in [-0.05, 0) is 51.0 Å². The first kappa shape index (κ1) is 24.5. The number of amides is 1. The van der Waals surface area contributed by atoms with Crippen molar-refractivity contribution in [3.05, 3.63) is 58.7 Å². The summed E-state index contributed by atoms with van der Waals surface area (Å²) >= 11 is 4.21. The normalized spacial score (nSPS) is 19.5. The number of hydrogen-bond acceptors (Lipinski definition) is 3. The third-order valence-electron chi connectivity index (χ3n) is 5.31. The number of nitrogens with one attached hydrogen (secondary N) is 2. The summed E-state index contributed by atoms with van der Waals surface area (Å²) in [5.41, 5.74) is 5.69. The number of carbonyl (C=O) groups excluding carboxylic acids is 1. The number of likely N-dealkylation sites (N-methyl/N-ethyl adjacent to an activating group) is 1. The third kappa shape index (κ3) is 8.24. The molecule has 0 aromatic carbocycles. The van der Waals surface area contributed by atoms with E-state index < -0.39 is 0 Å². The van der Waals surface area contributed by atoms with Gasteiger partial charge in [0.2, 0.25) is 5.91 Å². The molecule has 0 spiro atoms. The summed E-state index contributed by atoms with van der Waals surface area (Å²) in [5, 5.41) is 5.83.